The molecule has 0 amide bonds. The molecule has 21 heavy (non-hydrogen) atoms. The average Bonchev–Trinajstić information content (AvgIpc) is 2.89. The van der Waals surface area contributed by atoms with E-state index < -0.39 is 5.97 Å². The van der Waals surface area contributed by atoms with Gasteiger partial charge in [-0.3, -0.25) is 4.79 Å². The molecule has 4 heteroatoms. The molecule has 1 saturated heterocycles. The van der Waals surface area contributed by atoms with E-state index in [1.165, 1.54) is 0 Å². The van der Waals surface area contributed by atoms with Crippen molar-refractivity contribution in [2.45, 2.75) is 45.4 Å². The second-order valence-corrected chi connectivity index (χ2v) is 5.49. The Kier molecular flexibility index (Phi) is 9.62. The van der Waals surface area contributed by atoms with Crippen LogP contribution in [0.15, 0.2) is 24.5 Å². The maximum atomic E-state index is 10.4. The van der Waals surface area contributed by atoms with E-state index >= 15 is 0 Å². The Morgan fingerprint density at radius 1 is 1.29 bits per heavy atom. The van der Waals surface area contributed by atoms with Gasteiger partial charge in [0.2, 0.25) is 0 Å². The van der Waals surface area contributed by atoms with Gasteiger partial charge in [0.05, 0.1) is 19.5 Å². The highest BCUT2D eigenvalue weighted by atomic mass is 16.5. The molecular weight excluding hydrogens is 268 g/mol. The maximum absolute atomic E-state index is 10.4. The highest BCUT2D eigenvalue weighted by molar-refractivity contribution is 5.66. The van der Waals surface area contributed by atoms with Gasteiger partial charge in [0, 0.05) is 13.0 Å². The zero-order chi connectivity index (χ0) is 15.3. The first-order valence-electron chi connectivity index (χ1n) is 7.95. The van der Waals surface area contributed by atoms with Crippen LogP contribution in [0.25, 0.3) is 0 Å². The van der Waals surface area contributed by atoms with Crippen molar-refractivity contribution in [2.24, 2.45) is 11.8 Å². The Morgan fingerprint density at radius 2 is 2.10 bits per heavy atom. The zero-order valence-corrected chi connectivity index (χ0v) is 13.0. The number of unbranched alkanes of at least 4 members (excludes halogenated alkanes) is 1. The summed E-state index contributed by atoms with van der Waals surface area (Å²) < 4.78 is 11.0. The normalized spacial score (nSPS) is 22.3. The Morgan fingerprint density at radius 3 is 2.86 bits per heavy atom. The molecule has 2 atom stereocenters. The van der Waals surface area contributed by atoms with Crippen molar-refractivity contribution < 1.29 is 19.4 Å². The fraction of sp³-hybridized carbons (Fsp3) is 0.706. The van der Waals surface area contributed by atoms with Gasteiger partial charge in [-0.15, -0.1) is 0 Å². The minimum Gasteiger partial charge on any atom is -0.502 e. The van der Waals surface area contributed by atoms with Crippen LogP contribution in [0, 0.1) is 11.8 Å². The van der Waals surface area contributed by atoms with Crippen LogP contribution in [0.4, 0.5) is 0 Å². The summed E-state index contributed by atoms with van der Waals surface area (Å²) in [6.45, 7) is 4.50. The Balaban J connectivity index is 2.13. The van der Waals surface area contributed by atoms with E-state index in [-0.39, 0.29) is 6.42 Å². The van der Waals surface area contributed by atoms with E-state index in [0.717, 1.165) is 45.5 Å². The predicted molar refractivity (Wildman–Crippen MR) is 83.0 cm³/mol. The second-order valence-electron chi connectivity index (χ2n) is 5.49. The first-order valence-corrected chi connectivity index (χ1v) is 7.95. The fourth-order valence-corrected chi connectivity index (χ4v) is 2.43. The van der Waals surface area contributed by atoms with Crippen LogP contribution in [-0.4, -0.2) is 30.9 Å². The molecular formula is C17H28O4. The molecule has 1 N–H and O–H groups in total. The van der Waals surface area contributed by atoms with Crippen molar-refractivity contribution in [3.8, 4) is 0 Å². The van der Waals surface area contributed by atoms with Crippen molar-refractivity contribution in [1.82, 2.24) is 0 Å². The largest absolute Gasteiger partial charge is 0.502 e. The molecule has 0 saturated carbocycles. The van der Waals surface area contributed by atoms with Crippen LogP contribution in [0.1, 0.15) is 45.4 Å². The van der Waals surface area contributed by atoms with E-state index in [9.17, 15) is 4.79 Å². The molecule has 1 heterocycles. The predicted octanol–water partition coefficient (Wildman–Crippen LogP) is 3.78. The molecule has 1 aliphatic heterocycles. The lowest BCUT2D eigenvalue weighted by Gasteiger charge is -2.15. The van der Waals surface area contributed by atoms with Crippen LogP contribution in [-0.2, 0) is 14.3 Å². The zero-order valence-electron chi connectivity index (χ0n) is 13.0. The summed E-state index contributed by atoms with van der Waals surface area (Å²) in [5.74, 6) is 0.424. The quantitative estimate of drug-likeness (QED) is 0.358. The number of hydrogen-bond donors (Lipinski definition) is 1. The number of carboxylic acid groups (broad SMARTS) is 1. The van der Waals surface area contributed by atoms with Gasteiger partial charge in [-0.05, 0) is 43.9 Å². The minimum atomic E-state index is -0.718. The highest BCUT2D eigenvalue weighted by Gasteiger charge is 2.26. The fourth-order valence-electron chi connectivity index (χ4n) is 2.43. The molecule has 0 aromatic carbocycles. The lowest BCUT2D eigenvalue weighted by atomic mass is 9.90. The summed E-state index contributed by atoms with van der Waals surface area (Å²) in [5.41, 5.74) is 0. The number of hydrogen-bond acceptors (Lipinski definition) is 3. The van der Waals surface area contributed by atoms with Crippen molar-refractivity contribution in [3.63, 3.8) is 0 Å². The molecule has 120 valence electrons. The third-order valence-electron chi connectivity index (χ3n) is 3.73. The third kappa shape index (κ3) is 8.56. The molecule has 0 aromatic heterocycles. The lowest BCUT2D eigenvalue weighted by Crippen LogP contribution is -2.13. The topological polar surface area (TPSA) is 55.8 Å². The standard InChI is InChI=1S/C17H28O4/c1-2-3-11-20-12-10-16-14-21-13-15(16)8-6-4-5-7-9-17(18)19/h3-4,6,11,15-16H,2,5,7-10,12-14H2,1H3,(H,18,19)/t15-,16+/m0/s1. The Hall–Kier alpha value is -1.29. The van der Waals surface area contributed by atoms with Crippen LogP contribution in [0.3, 0.4) is 0 Å². The third-order valence-corrected chi connectivity index (χ3v) is 3.73. The SMILES string of the molecule is CCC=COCC[C@@H]1COC[C@@H]1CC=CCCCC(=O)O. The van der Waals surface area contributed by atoms with Crippen LogP contribution in [0.2, 0.25) is 0 Å². The number of rotatable bonds is 11. The summed E-state index contributed by atoms with van der Waals surface area (Å²) in [4.78, 5) is 10.4. The summed E-state index contributed by atoms with van der Waals surface area (Å²) in [7, 11) is 0. The summed E-state index contributed by atoms with van der Waals surface area (Å²) >= 11 is 0. The summed E-state index contributed by atoms with van der Waals surface area (Å²) in [6.07, 6.45) is 12.9. The van der Waals surface area contributed by atoms with Gasteiger partial charge >= 0.3 is 5.97 Å². The Labute approximate surface area is 127 Å². The van der Waals surface area contributed by atoms with Crippen LogP contribution in [0.5, 0.6) is 0 Å². The average molecular weight is 296 g/mol. The van der Waals surface area contributed by atoms with Gasteiger partial charge in [-0.25, -0.2) is 0 Å². The summed E-state index contributed by atoms with van der Waals surface area (Å²) in [6, 6.07) is 0. The first-order chi connectivity index (χ1) is 10.2. The number of carboxylic acids is 1. The minimum absolute atomic E-state index is 0.252. The molecule has 1 rings (SSSR count). The number of aliphatic carboxylic acids is 1. The van der Waals surface area contributed by atoms with Gasteiger partial charge in [0.15, 0.2) is 0 Å². The molecule has 0 unspecified atom stereocenters. The van der Waals surface area contributed by atoms with Gasteiger partial charge in [0.1, 0.15) is 0 Å². The molecule has 0 bridgehead atoms. The Bertz CT molecular complexity index is 336. The van der Waals surface area contributed by atoms with E-state index in [2.05, 4.69) is 19.1 Å². The van der Waals surface area contributed by atoms with Crippen molar-refractivity contribution >= 4 is 5.97 Å². The van der Waals surface area contributed by atoms with Crippen molar-refractivity contribution in [1.29, 1.82) is 0 Å². The molecule has 1 fully saturated rings. The first kappa shape index (κ1) is 17.8. The van der Waals surface area contributed by atoms with Gasteiger partial charge in [0.25, 0.3) is 0 Å². The molecule has 1 aliphatic rings. The van der Waals surface area contributed by atoms with Crippen LogP contribution >= 0.6 is 0 Å². The number of allylic oxidation sites excluding steroid dienone is 3. The van der Waals surface area contributed by atoms with Gasteiger partial charge in [-0.2, -0.15) is 0 Å². The van der Waals surface area contributed by atoms with Crippen LogP contribution < -0.4 is 0 Å². The van der Waals surface area contributed by atoms with Crippen molar-refractivity contribution in [2.75, 3.05) is 19.8 Å². The lowest BCUT2D eigenvalue weighted by molar-refractivity contribution is -0.137. The monoisotopic (exact) mass is 296 g/mol. The smallest absolute Gasteiger partial charge is 0.303 e. The molecule has 0 aliphatic carbocycles. The molecule has 0 radical (unpaired) electrons. The molecule has 0 spiro atoms. The van der Waals surface area contributed by atoms with Gasteiger partial charge in [-0.1, -0.05) is 25.2 Å². The molecule has 4 nitrogen and oxygen atoms in total. The number of carbonyl (C=O) groups is 1. The second kappa shape index (κ2) is 11.4. The van der Waals surface area contributed by atoms with E-state index in [4.69, 9.17) is 14.6 Å². The molecule has 0 aromatic rings. The van der Waals surface area contributed by atoms with E-state index in [1.807, 2.05) is 6.08 Å². The number of ether oxygens (including phenoxy) is 2. The van der Waals surface area contributed by atoms with Gasteiger partial charge < -0.3 is 14.6 Å². The van der Waals surface area contributed by atoms with E-state index in [0.29, 0.717) is 18.3 Å². The highest BCUT2D eigenvalue weighted by Crippen LogP contribution is 2.27. The van der Waals surface area contributed by atoms with E-state index in [1.54, 1.807) is 6.26 Å². The van der Waals surface area contributed by atoms with Crippen molar-refractivity contribution in [3.05, 3.63) is 24.5 Å². The maximum Gasteiger partial charge on any atom is 0.303 e. The summed E-state index contributed by atoms with van der Waals surface area (Å²) in [5, 5.41) is 8.56.